The molecule has 1 aliphatic carbocycles. The number of nitrogens with one attached hydrogen (secondary N) is 1. The van der Waals surface area contributed by atoms with Crippen LogP contribution in [0.25, 0.3) is 0 Å². The molecule has 5 N–H and O–H groups in total. The van der Waals surface area contributed by atoms with Crippen LogP contribution < -0.4 is 17.0 Å². The second-order valence-electron chi connectivity index (χ2n) is 4.91. The fourth-order valence-electron chi connectivity index (χ4n) is 2.96. The third kappa shape index (κ3) is 2.34. The first-order valence-electron chi connectivity index (χ1n) is 6.45. The molecule has 0 saturated heterocycles. The van der Waals surface area contributed by atoms with Gasteiger partial charge in [-0.25, -0.2) is 10.4 Å². The molecule has 1 heterocycles. The molecule has 1 aromatic heterocycles. The summed E-state index contributed by atoms with van der Waals surface area (Å²) in [7, 11) is 1.75. The predicted octanol–water partition coefficient (Wildman–Crippen LogP) is 1.52. The fourth-order valence-corrected chi connectivity index (χ4v) is 2.96. The van der Waals surface area contributed by atoms with Gasteiger partial charge in [0.1, 0.15) is 5.82 Å². The number of nitrogens with zero attached hydrogens (tertiary/aromatic N) is 1. The fraction of sp³-hybridized carbons (Fsp3) is 0.615. The van der Waals surface area contributed by atoms with Crippen molar-refractivity contribution in [3.05, 3.63) is 23.9 Å². The molecule has 1 fully saturated rings. The van der Waals surface area contributed by atoms with E-state index in [0.717, 1.165) is 31.2 Å². The number of pyridine rings is 1. The van der Waals surface area contributed by atoms with Crippen LogP contribution in [0, 0.1) is 0 Å². The predicted molar refractivity (Wildman–Crippen MR) is 71.5 cm³/mol. The maximum atomic E-state index is 5.96. The maximum Gasteiger partial charge on any atom is 0.128 e. The molecule has 0 aliphatic heterocycles. The molecule has 0 aromatic carbocycles. The van der Waals surface area contributed by atoms with Crippen molar-refractivity contribution in [2.75, 3.05) is 12.8 Å². The third-order valence-corrected chi connectivity index (χ3v) is 3.98. The lowest BCUT2D eigenvalue weighted by Gasteiger charge is -2.42. The Morgan fingerprint density at radius 3 is 2.67 bits per heavy atom. The average molecular weight is 250 g/mol. The van der Waals surface area contributed by atoms with Gasteiger partial charge >= 0.3 is 0 Å². The van der Waals surface area contributed by atoms with Crippen LogP contribution >= 0.6 is 0 Å². The molecular weight excluding hydrogens is 228 g/mol. The summed E-state index contributed by atoms with van der Waals surface area (Å²) in [5.74, 6) is 6.27. The van der Waals surface area contributed by atoms with E-state index in [9.17, 15) is 0 Å². The Hall–Kier alpha value is -1.17. The molecule has 1 atom stereocenters. The second-order valence-corrected chi connectivity index (χ2v) is 4.91. The minimum absolute atomic E-state index is 0.114. The van der Waals surface area contributed by atoms with Crippen molar-refractivity contribution in [1.29, 1.82) is 0 Å². The van der Waals surface area contributed by atoms with E-state index in [4.69, 9.17) is 16.3 Å². The first kappa shape index (κ1) is 13.3. The molecule has 1 unspecified atom stereocenters. The molecule has 1 aliphatic rings. The first-order chi connectivity index (χ1) is 8.73. The van der Waals surface area contributed by atoms with E-state index in [1.807, 2.05) is 12.1 Å². The Labute approximate surface area is 108 Å². The number of hydrogen-bond acceptors (Lipinski definition) is 5. The maximum absolute atomic E-state index is 5.96. The number of hydrazine groups is 1. The van der Waals surface area contributed by atoms with E-state index in [2.05, 4.69) is 10.4 Å². The highest BCUT2D eigenvalue weighted by atomic mass is 16.5. The van der Waals surface area contributed by atoms with E-state index in [1.54, 1.807) is 13.3 Å². The van der Waals surface area contributed by atoms with Crippen LogP contribution in [0.3, 0.4) is 0 Å². The van der Waals surface area contributed by atoms with Crippen molar-refractivity contribution in [3.63, 3.8) is 0 Å². The molecule has 5 heteroatoms. The topological polar surface area (TPSA) is 86.2 Å². The van der Waals surface area contributed by atoms with Crippen molar-refractivity contribution < 1.29 is 4.74 Å². The quantitative estimate of drug-likeness (QED) is 0.557. The van der Waals surface area contributed by atoms with Crippen LogP contribution in [0.4, 0.5) is 5.82 Å². The van der Waals surface area contributed by atoms with Crippen molar-refractivity contribution in [3.8, 4) is 0 Å². The number of anilines is 1. The van der Waals surface area contributed by atoms with Gasteiger partial charge in [0.25, 0.3) is 0 Å². The van der Waals surface area contributed by atoms with Crippen molar-refractivity contribution in [2.45, 2.75) is 43.7 Å². The largest absolute Gasteiger partial charge is 0.383 e. The van der Waals surface area contributed by atoms with E-state index < -0.39 is 0 Å². The molecule has 1 saturated carbocycles. The third-order valence-electron chi connectivity index (χ3n) is 3.98. The summed E-state index contributed by atoms with van der Waals surface area (Å²) in [6.45, 7) is 0. The lowest BCUT2D eigenvalue weighted by molar-refractivity contribution is -0.0687. The molecule has 0 amide bonds. The Kier molecular flexibility index (Phi) is 4.16. The molecule has 100 valence electrons. The van der Waals surface area contributed by atoms with Crippen LogP contribution in [0.1, 0.15) is 43.7 Å². The van der Waals surface area contributed by atoms with E-state index in [1.165, 1.54) is 6.42 Å². The monoisotopic (exact) mass is 250 g/mol. The van der Waals surface area contributed by atoms with Gasteiger partial charge in [0, 0.05) is 18.9 Å². The lowest BCUT2D eigenvalue weighted by atomic mass is 9.77. The molecule has 0 spiro atoms. The van der Waals surface area contributed by atoms with Gasteiger partial charge in [-0.1, -0.05) is 25.3 Å². The van der Waals surface area contributed by atoms with Gasteiger partial charge in [-0.3, -0.25) is 5.84 Å². The molecule has 0 bridgehead atoms. The van der Waals surface area contributed by atoms with Crippen molar-refractivity contribution >= 4 is 5.82 Å². The SMILES string of the molecule is COC1(C(NN)c2cccnc2N)CCCCC1. The van der Waals surface area contributed by atoms with Gasteiger partial charge in [-0.05, 0) is 18.9 Å². The standard InChI is InChI=1S/C13H22N4O/c1-18-13(7-3-2-4-8-13)11(17-15)10-6-5-9-16-12(10)14/h5-6,9,11,17H,2-4,7-8,15H2,1H3,(H2,14,16). The van der Waals surface area contributed by atoms with Gasteiger partial charge in [0.05, 0.1) is 11.6 Å². The second kappa shape index (κ2) is 5.65. The van der Waals surface area contributed by atoms with Crippen LogP contribution in [-0.4, -0.2) is 17.7 Å². The van der Waals surface area contributed by atoms with Gasteiger partial charge < -0.3 is 10.5 Å². The van der Waals surface area contributed by atoms with E-state index in [0.29, 0.717) is 5.82 Å². The number of nitrogens with two attached hydrogens (primary N) is 2. The lowest BCUT2D eigenvalue weighted by Crippen LogP contribution is -2.49. The Balaban J connectivity index is 2.34. The zero-order chi connectivity index (χ0) is 13.0. The minimum Gasteiger partial charge on any atom is -0.383 e. The number of hydrogen-bond donors (Lipinski definition) is 3. The normalized spacial score (nSPS) is 20.6. The summed E-state index contributed by atoms with van der Waals surface area (Å²) < 4.78 is 5.82. The summed E-state index contributed by atoms with van der Waals surface area (Å²) >= 11 is 0. The highest BCUT2D eigenvalue weighted by Crippen LogP contribution is 2.41. The highest BCUT2D eigenvalue weighted by molar-refractivity contribution is 5.42. The molecule has 0 radical (unpaired) electrons. The van der Waals surface area contributed by atoms with Gasteiger partial charge in [0.2, 0.25) is 0 Å². The number of methoxy groups -OCH3 is 1. The smallest absolute Gasteiger partial charge is 0.128 e. The zero-order valence-corrected chi connectivity index (χ0v) is 10.9. The summed E-state index contributed by atoms with van der Waals surface area (Å²) in [5, 5.41) is 0. The molecular formula is C13H22N4O. The van der Waals surface area contributed by atoms with Gasteiger partial charge in [0.15, 0.2) is 0 Å². The minimum atomic E-state index is -0.274. The number of nitrogen functional groups attached to an aromatic ring is 1. The summed E-state index contributed by atoms with van der Waals surface area (Å²) in [6, 6.07) is 3.72. The van der Waals surface area contributed by atoms with E-state index in [-0.39, 0.29) is 11.6 Å². The van der Waals surface area contributed by atoms with Crippen molar-refractivity contribution in [1.82, 2.24) is 10.4 Å². The molecule has 2 rings (SSSR count). The van der Waals surface area contributed by atoms with Gasteiger partial charge in [-0.2, -0.15) is 0 Å². The highest BCUT2D eigenvalue weighted by Gasteiger charge is 2.41. The zero-order valence-electron chi connectivity index (χ0n) is 10.9. The molecule has 5 nitrogen and oxygen atoms in total. The Morgan fingerprint density at radius 2 is 2.11 bits per heavy atom. The number of aromatic nitrogens is 1. The number of rotatable bonds is 4. The van der Waals surface area contributed by atoms with E-state index >= 15 is 0 Å². The van der Waals surface area contributed by atoms with Crippen LogP contribution in [0.15, 0.2) is 18.3 Å². The van der Waals surface area contributed by atoms with Crippen LogP contribution in [-0.2, 0) is 4.74 Å². The summed E-state index contributed by atoms with van der Waals surface area (Å²) in [6.07, 6.45) is 7.25. The molecule has 18 heavy (non-hydrogen) atoms. The summed E-state index contributed by atoms with van der Waals surface area (Å²) in [5.41, 5.74) is 9.48. The summed E-state index contributed by atoms with van der Waals surface area (Å²) in [4.78, 5) is 4.13. The number of ether oxygens (including phenoxy) is 1. The first-order valence-corrected chi connectivity index (χ1v) is 6.45. The Bertz CT molecular complexity index is 390. The Morgan fingerprint density at radius 1 is 1.39 bits per heavy atom. The van der Waals surface area contributed by atoms with Crippen LogP contribution in [0.2, 0.25) is 0 Å². The van der Waals surface area contributed by atoms with Crippen LogP contribution in [0.5, 0.6) is 0 Å². The van der Waals surface area contributed by atoms with Gasteiger partial charge in [-0.15, -0.1) is 0 Å². The average Bonchev–Trinajstić information content (AvgIpc) is 2.43. The molecule has 1 aromatic rings. The van der Waals surface area contributed by atoms with Crippen molar-refractivity contribution in [2.24, 2.45) is 5.84 Å².